The SMILES string of the molecule is CNc1nc(OC2CCCC(C)C2)c2cn[nH]c2n1. The van der Waals surface area contributed by atoms with E-state index in [4.69, 9.17) is 4.74 Å². The lowest BCUT2D eigenvalue weighted by molar-refractivity contribution is 0.126. The number of ether oxygens (including phenoxy) is 1. The standard InChI is InChI=1S/C13H19N5O/c1-8-4-3-5-9(6-8)19-12-10-7-15-18-11(10)16-13(14-2)17-12/h7-9H,3-6H2,1-2H3,(H2,14,15,16,17,18). The highest BCUT2D eigenvalue weighted by Crippen LogP contribution is 2.29. The molecule has 0 aromatic carbocycles. The molecule has 3 rings (SSSR count). The Morgan fingerprint density at radius 1 is 1.37 bits per heavy atom. The van der Waals surface area contributed by atoms with E-state index < -0.39 is 0 Å². The van der Waals surface area contributed by atoms with Crippen LogP contribution in [0, 0.1) is 5.92 Å². The zero-order chi connectivity index (χ0) is 13.2. The van der Waals surface area contributed by atoms with Crippen molar-refractivity contribution in [1.29, 1.82) is 0 Å². The van der Waals surface area contributed by atoms with Crippen LogP contribution in [0.2, 0.25) is 0 Å². The highest BCUT2D eigenvalue weighted by molar-refractivity contribution is 5.80. The first kappa shape index (κ1) is 12.2. The minimum atomic E-state index is 0.251. The predicted molar refractivity (Wildman–Crippen MR) is 73.3 cm³/mol. The normalized spacial score (nSPS) is 23.5. The summed E-state index contributed by atoms with van der Waals surface area (Å²) in [6.45, 7) is 2.28. The number of fused-ring (bicyclic) bond motifs is 1. The quantitative estimate of drug-likeness (QED) is 0.887. The molecule has 2 unspecified atom stereocenters. The smallest absolute Gasteiger partial charge is 0.229 e. The molecular formula is C13H19N5O. The summed E-state index contributed by atoms with van der Waals surface area (Å²) in [5.41, 5.74) is 0.707. The third-order valence-electron chi connectivity index (χ3n) is 3.66. The average molecular weight is 261 g/mol. The summed E-state index contributed by atoms with van der Waals surface area (Å²) < 4.78 is 6.09. The van der Waals surface area contributed by atoms with E-state index in [1.54, 1.807) is 13.2 Å². The zero-order valence-corrected chi connectivity index (χ0v) is 11.3. The minimum Gasteiger partial charge on any atom is -0.474 e. The fourth-order valence-corrected chi connectivity index (χ4v) is 2.65. The summed E-state index contributed by atoms with van der Waals surface area (Å²) in [7, 11) is 1.80. The van der Waals surface area contributed by atoms with Gasteiger partial charge < -0.3 is 10.1 Å². The Kier molecular flexibility index (Phi) is 3.23. The van der Waals surface area contributed by atoms with Crippen molar-refractivity contribution < 1.29 is 4.74 Å². The highest BCUT2D eigenvalue weighted by atomic mass is 16.5. The van der Waals surface area contributed by atoms with Crippen LogP contribution in [0.3, 0.4) is 0 Å². The maximum absolute atomic E-state index is 6.09. The van der Waals surface area contributed by atoms with Crippen LogP contribution in [0.15, 0.2) is 6.20 Å². The van der Waals surface area contributed by atoms with Crippen LogP contribution in [0.1, 0.15) is 32.6 Å². The Hall–Kier alpha value is -1.85. The van der Waals surface area contributed by atoms with Gasteiger partial charge in [0.15, 0.2) is 5.65 Å². The second-order valence-electron chi connectivity index (χ2n) is 5.25. The van der Waals surface area contributed by atoms with Crippen LogP contribution >= 0.6 is 0 Å². The lowest BCUT2D eigenvalue weighted by atomic mass is 9.89. The van der Waals surface area contributed by atoms with Crippen LogP contribution in [-0.2, 0) is 0 Å². The van der Waals surface area contributed by atoms with Crippen LogP contribution in [0.25, 0.3) is 11.0 Å². The molecular weight excluding hydrogens is 242 g/mol. The van der Waals surface area contributed by atoms with Gasteiger partial charge in [-0.3, -0.25) is 5.10 Å². The molecule has 0 aliphatic heterocycles. The lowest BCUT2D eigenvalue weighted by Crippen LogP contribution is -2.24. The van der Waals surface area contributed by atoms with Crippen molar-refractivity contribution in [1.82, 2.24) is 20.2 Å². The number of aromatic nitrogens is 4. The maximum atomic E-state index is 6.09. The van der Waals surface area contributed by atoms with Gasteiger partial charge in [-0.15, -0.1) is 0 Å². The highest BCUT2D eigenvalue weighted by Gasteiger charge is 2.22. The van der Waals surface area contributed by atoms with E-state index in [9.17, 15) is 0 Å². The van der Waals surface area contributed by atoms with Gasteiger partial charge in [0, 0.05) is 7.05 Å². The number of H-pyrrole nitrogens is 1. The summed E-state index contributed by atoms with van der Waals surface area (Å²) in [6, 6.07) is 0. The number of aromatic amines is 1. The molecule has 2 N–H and O–H groups in total. The van der Waals surface area contributed by atoms with Crippen molar-refractivity contribution in [2.75, 3.05) is 12.4 Å². The van der Waals surface area contributed by atoms with Crippen LogP contribution in [0.4, 0.5) is 5.95 Å². The first-order chi connectivity index (χ1) is 9.26. The van der Waals surface area contributed by atoms with Crippen molar-refractivity contribution in [2.24, 2.45) is 5.92 Å². The number of hydrogen-bond donors (Lipinski definition) is 2. The van der Waals surface area contributed by atoms with E-state index in [0.717, 1.165) is 24.1 Å². The number of hydrogen-bond acceptors (Lipinski definition) is 5. The van der Waals surface area contributed by atoms with Crippen molar-refractivity contribution in [2.45, 2.75) is 38.7 Å². The Morgan fingerprint density at radius 3 is 3.05 bits per heavy atom. The van der Waals surface area contributed by atoms with Crippen LogP contribution < -0.4 is 10.1 Å². The molecule has 2 atom stereocenters. The Bertz CT molecular complexity index is 567. The minimum absolute atomic E-state index is 0.251. The molecule has 2 aromatic rings. The third-order valence-corrected chi connectivity index (χ3v) is 3.66. The summed E-state index contributed by atoms with van der Waals surface area (Å²) >= 11 is 0. The monoisotopic (exact) mass is 261 g/mol. The topological polar surface area (TPSA) is 75.7 Å². The molecule has 2 aromatic heterocycles. The number of anilines is 1. The van der Waals surface area contributed by atoms with E-state index in [1.165, 1.54) is 12.8 Å². The molecule has 2 heterocycles. The largest absolute Gasteiger partial charge is 0.474 e. The van der Waals surface area contributed by atoms with Crippen molar-refractivity contribution in [3.8, 4) is 5.88 Å². The van der Waals surface area contributed by atoms with Gasteiger partial charge in [0.1, 0.15) is 11.5 Å². The van der Waals surface area contributed by atoms with Crippen molar-refractivity contribution in [3.63, 3.8) is 0 Å². The van der Waals surface area contributed by atoms with Crippen molar-refractivity contribution >= 4 is 17.0 Å². The van der Waals surface area contributed by atoms with Crippen LogP contribution in [-0.4, -0.2) is 33.3 Å². The fraction of sp³-hybridized carbons (Fsp3) is 0.615. The molecule has 1 saturated carbocycles. The summed E-state index contributed by atoms with van der Waals surface area (Å²) in [4.78, 5) is 8.71. The van der Waals surface area contributed by atoms with E-state index in [2.05, 4.69) is 32.4 Å². The number of nitrogens with zero attached hydrogens (tertiary/aromatic N) is 3. The molecule has 102 valence electrons. The number of nitrogens with one attached hydrogen (secondary N) is 2. The molecule has 1 fully saturated rings. The van der Waals surface area contributed by atoms with Gasteiger partial charge >= 0.3 is 0 Å². The average Bonchev–Trinajstić information content (AvgIpc) is 2.87. The first-order valence-electron chi connectivity index (χ1n) is 6.82. The van der Waals surface area contributed by atoms with E-state index >= 15 is 0 Å². The Morgan fingerprint density at radius 2 is 2.26 bits per heavy atom. The summed E-state index contributed by atoms with van der Waals surface area (Å²) in [5.74, 6) is 1.90. The fourth-order valence-electron chi connectivity index (χ4n) is 2.65. The predicted octanol–water partition coefficient (Wildman–Crippen LogP) is 2.35. The molecule has 6 nitrogen and oxygen atoms in total. The Labute approximate surface area is 112 Å². The van der Waals surface area contributed by atoms with E-state index in [-0.39, 0.29) is 6.10 Å². The molecule has 6 heteroatoms. The van der Waals surface area contributed by atoms with Crippen molar-refractivity contribution in [3.05, 3.63) is 6.20 Å². The molecule has 0 saturated heterocycles. The lowest BCUT2D eigenvalue weighted by Gasteiger charge is -2.27. The van der Waals surface area contributed by atoms with Gasteiger partial charge in [-0.2, -0.15) is 15.1 Å². The van der Waals surface area contributed by atoms with E-state index in [0.29, 0.717) is 17.5 Å². The number of rotatable bonds is 3. The first-order valence-corrected chi connectivity index (χ1v) is 6.82. The maximum Gasteiger partial charge on any atom is 0.229 e. The van der Waals surface area contributed by atoms with Gasteiger partial charge in [-0.1, -0.05) is 13.3 Å². The van der Waals surface area contributed by atoms with Gasteiger partial charge in [0.2, 0.25) is 11.8 Å². The third kappa shape index (κ3) is 2.47. The molecule has 1 aliphatic rings. The van der Waals surface area contributed by atoms with Gasteiger partial charge in [0.05, 0.1) is 6.20 Å². The molecule has 0 spiro atoms. The second-order valence-corrected chi connectivity index (χ2v) is 5.25. The molecule has 0 bridgehead atoms. The summed E-state index contributed by atoms with van der Waals surface area (Å²) in [5, 5.41) is 10.7. The second kappa shape index (κ2) is 5.03. The molecule has 0 amide bonds. The molecule has 1 aliphatic carbocycles. The zero-order valence-electron chi connectivity index (χ0n) is 11.3. The summed E-state index contributed by atoms with van der Waals surface area (Å²) in [6.07, 6.45) is 6.69. The van der Waals surface area contributed by atoms with Gasteiger partial charge in [0.25, 0.3) is 0 Å². The van der Waals surface area contributed by atoms with E-state index in [1.807, 2.05) is 0 Å². The molecule has 19 heavy (non-hydrogen) atoms. The molecule has 0 radical (unpaired) electrons. The van der Waals surface area contributed by atoms with Gasteiger partial charge in [-0.05, 0) is 25.2 Å². The Balaban J connectivity index is 1.88. The van der Waals surface area contributed by atoms with Gasteiger partial charge in [-0.25, -0.2) is 0 Å². The van der Waals surface area contributed by atoms with Crippen LogP contribution in [0.5, 0.6) is 5.88 Å².